The molecule has 2 aromatic carbocycles. The lowest BCUT2D eigenvalue weighted by molar-refractivity contribution is -0.126. The number of nitrogens with one attached hydrogen (secondary N) is 2. The highest BCUT2D eigenvalue weighted by Gasteiger charge is 2.31. The van der Waals surface area contributed by atoms with Gasteiger partial charge in [0.2, 0.25) is 11.8 Å². The van der Waals surface area contributed by atoms with Crippen LogP contribution >= 0.6 is 0 Å². The Bertz CT molecular complexity index is 807. The molecule has 2 atom stereocenters. The third kappa shape index (κ3) is 3.13. The molecule has 0 aromatic heterocycles. The molecule has 3 rings (SSSR count). The molecule has 2 amide bonds. The van der Waals surface area contributed by atoms with Crippen molar-refractivity contribution in [1.29, 1.82) is 0 Å². The molecule has 0 spiro atoms. The number of hydrogen-bond acceptors (Lipinski definition) is 2. The fraction of sp³-hybridized carbons (Fsp3) is 0.222. The second-order valence-corrected chi connectivity index (χ2v) is 5.79. The van der Waals surface area contributed by atoms with Crippen molar-refractivity contribution in [1.82, 2.24) is 5.32 Å². The van der Waals surface area contributed by atoms with Crippen LogP contribution in [0.15, 0.2) is 42.5 Å². The Morgan fingerprint density at radius 3 is 2.75 bits per heavy atom. The van der Waals surface area contributed by atoms with E-state index in [0.717, 1.165) is 0 Å². The summed E-state index contributed by atoms with van der Waals surface area (Å²) in [4.78, 5) is 24.4. The van der Waals surface area contributed by atoms with Crippen LogP contribution in [0.1, 0.15) is 36.4 Å². The number of carbonyl (C=O) groups excluding carboxylic acids is 2. The zero-order chi connectivity index (χ0) is 17.3. The molecule has 4 nitrogen and oxygen atoms in total. The van der Waals surface area contributed by atoms with Crippen molar-refractivity contribution in [2.24, 2.45) is 0 Å². The van der Waals surface area contributed by atoms with Gasteiger partial charge in [-0.05, 0) is 30.7 Å². The Labute approximate surface area is 137 Å². The number of halogens is 2. The summed E-state index contributed by atoms with van der Waals surface area (Å²) < 4.78 is 27.2. The van der Waals surface area contributed by atoms with Gasteiger partial charge in [0.15, 0.2) is 0 Å². The summed E-state index contributed by atoms with van der Waals surface area (Å²) in [7, 11) is 0. The molecule has 1 heterocycles. The van der Waals surface area contributed by atoms with Crippen molar-refractivity contribution in [3.63, 3.8) is 0 Å². The van der Waals surface area contributed by atoms with Crippen LogP contribution in [0.3, 0.4) is 0 Å². The minimum absolute atomic E-state index is 0.0333. The molecule has 6 heteroatoms. The topological polar surface area (TPSA) is 58.2 Å². The number of anilines is 1. The van der Waals surface area contributed by atoms with Gasteiger partial charge in [0.1, 0.15) is 11.6 Å². The van der Waals surface area contributed by atoms with E-state index in [1.165, 1.54) is 24.3 Å². The van der Waals surface area contributed by atoms with Crippen LogP contribution in [-0.4, -0.2) is 11.8 Å². The van der Waals surface area contributed by atoms with Crippen LogP contribution in [0.4, 0.5) is 14.5 Å². The van der Waals surface area contributed by atoms with Crippen LogP contribution in [-0.2, 0) is 9.59 Å². The van der Waals surface area contributed by atoms with Crippen molar-refractivity contribution >= 4 is 17.5 Å². The summed E-state index contributed by atoms with van der Waals surface area (Å²) in [6.45, 7) is 1.67. The standard InChI is InChI=1S/C18H16F2N2O2/c1-10(12-4-2-3-5-15(12)20)21-18(24)14-9-17(23)22-16-8-11(19)6-7-13(14)16/h2-8,10,14H,9H2,1H3,(H,21,24)(H,22,23)/t10-,14-/m1/s1. The molecule has 24 heavy (non-hydrogen) atoms. The Morgan fingerprint density at radius 1 is 1.25 bits per heavy atom. The van der Waals surface area contributed by atoms with E-state index in [-0.39, 0.29) is 12.3 Å². The van der Waals surface area contributed by atoms with E-state index in [2.05, 4.69) is 10.6 Å². The Hall–Kier alpha value is -2.76. The first kappa shape index (κ1) is 16.1. The summed E-state index contributed by atoms with van der Waals surface area (Å²) in [6.07, 6.45) is -0.0333. The number of hydrogen-bond donors (Lipinski definition) is 2. The van der Waals surface area contributed by atoms with Gasteiger partial charge in [0, 0.05) is 17.7 Å². The second kappa shape index (κ2) is 6.39. The lowest BCUT2D eigenvalue weighted by atomic mass is 9.89. The van der Waals surface area contributed by atoms with Gasteiger partial charge in [-0.15, -0.1) is 0 Å². The van der Waals surface area contributed by atoms with Crippen molar-refractivity contribution in [2.75, 3.05) is 5.32 Å². The normalized spacial score (nSPS) is 17.6. The summed E-state index contributed by atoms with van der Waals surface area (Å²) in [5.74, 6) is -2.38. The van der Waals surface area contributed by atoms with Gasteiger partial charge in [-0.1, -0.05) is 24.3 Å². The van der Waals surface area contributed by atoms with Crippen molar-refractivity contribution in [3.05, 3.63) is 65.2 Å². The minimum atomic E-state index is -0.733. The van der Waals surface area contributed by atoms with Crippen LogP contribution in [0.5, 0.6) is 0 Å². The van der Waals surface area contributed by atoms with Crippen LogP contribution < -0.4 is 10.6 Å². The zero-order valence-corrected chi connectivity index (χ0v) is 13.0. The zero-order valence-electron chi connectivity index (χ0n) is 13.0. The van der Waals surface area contributed by atoms with E-state index < -0.39 is 29.5 Å². The van der Waals surface area contributed by atoms with E-state index in [1.807, 2.05) is 0 Å². The van der Waals surface area contributed by atoms with Gasteiger partial charge < -0.3 is 10.6 Å². The van der Waals surface area contributed by atoms with Gasteiger partial charge in [-0.25, -0.2) is 8.78 Å². The lowest BCUT2D eigenvalue weighted by Crippen LogP contribution is -2.36. The number of benzene rings is 2. The van der Waals surface area contributed by atoms with Gasteiger partial charge in [0.05, 0.1) is 12.0 Å². The predicted octanol–water partition coefficient (Wildman–Crippen LogP) is 3.27. The maximum Gasteiger partial charge on any atom is 0.228 e. The van der Waals surface area contributed by atoms with E-state index in [9.17, 15) is 18.4 Å². The van der Waals surface area contributed by atoms with Gasteiger partial charge in [-0.2, -0.15) is 0 Å². The molecule has 1 aliphatic heterocycles. The average Bonchev–Trinajstić information content (AvgIpc) is 2.53. The smallest absolute Gasteiger partial charge is 0.228 e. The highest BCUT2D eigenvalue weighted by molar-refractivity contribution is 6.01. The van der Waals surface area contributed by atoms with Crippen molar-refractivity contribution in [2.45, 2.75) is 25.3 Å². The summed E-state index contributed by atoms with van der Waals surface area (Å²) in [6, 6.07) is 9.55. The third-order valence-electron chi connectivity index (χ3n) is 4.10. The van der Waals surface area contributed by atoms with E-state index in [4.69, 9.17) is 0 Å². The molecule has 0 saturated heterocycles. The molecule has 0 bridgehead atoms. The summed E-state index contributed by atoms with van der Waals surface area (Å²) in [5, 5.41) is 5.29. The van der Waals surface area contributed by atoms with E-state index >= 15 is 0 Å². The average molecular weight is 330 g/mol. The number of rotatable bonds is 3. The first-order chi connectivity index (χ1) is 11.5. The fourth-order valence-electron chi connectivity index (χ4n) is 2.89. The summed E-state index contributed by atoms with van der Waals surface area (Å²) >= 11 is 0. The molecule has 0 unspecified atom stereocenters. The molecule has 0 fully saturated rings. The van der Waals surface area contributed by atoms with Gasteiger partial charge in [-0.3, -0.25) is 9.59 Å². The first-order valence-electron chi connectivity index (χ1n) is 7.60. The minimum Gasteiger partial charge on any atom is -0.349 e. The Kier molecular flexibility index (Phi) is 4.29. The lowest BCUT2D eigenvalue weighted by Gasteiger charge is -2.26. The molecule has 2 aromatic rings. The molecule has 124 valence electrons. The highest BCUT2D eigenvalue weighted by Crippen LogP contribution is 2.33. The maximum atomic E-state index is 13.8. The molecule has 1 aliphatic rings. The molecule has 0 saturated carbocycles. The van der Waals surface area contributed by atoms with Crippen molar-refractivity contribution in [3.8, 4) is 0 Å². The number of amides is 2. The first-order valence-corrected chi connectivity index (χ1v) is 7.60. The second-order valence-electron chi connectivity index (χ2n) is 5.79. The summed E-state index contributed by atoms with van der Waals surface area (Å²) in [5.41, 5.74) is 1.21. The Balaban J connectivity index is 1.83. The quantitative estimate of drug-likeness (QED) is 0.907. The SMILES string of the molecule is C[C@@H](NC(=O)[C@@H]1CC(=O)Nc2cc(F)ccc21)c1ccccc1F. The van der Waals surface area contributed by atoms with Gasteiger partial charge in [0.25, 0.3) is 0 Å². The predicted molar refractivity (Wildman–Crippen MR) is 85.3 cm³/mol. The van der Waals surface area contributed by atoms with Crippen LogP contribution in [0, 0.1) is 11.6 Å². The largest absolute Gasteiger partial charge is 0.349 e. The molecular weight excluding hydrogens is 314 g/mol. The van der Waals surface area contributed by atoms with Crippen LogP contribution in [0.25, 0.3) is 0 Å². The highest BCUT2D eigenvalue weighted by atomic mass is 19.1. The molecule has 0 aliphatic carbocycles. The van der Waals surface area contributed by atoms with Crippen molar-refractivity contribution < 1.29 is 18.4 Å². The number of fused-ring (bicyclic) bond motifs is 1. The van der Waals surface area contributed by atoms with E-state index in [0.29, 0.717) is 16.8 Å². The third-order valence-corrected chi connectivity index (χ3v) is 4.10. The molecule has 2 N–H and O–H groups in total. The maximum absolute atomic E-state index is 13.8. The van der Waals surface area contributed by atoms with Gasteiger partial charge >= 0.3 is 0 Å². The monoisotopic (exact) mass is 330 g/mol. The van der Waals surface area contributed by atoms with E-state index in [1.54, 1.807) is 25.1 Å². The Morgan fingerprint density at radius 2 is 2.00 bits per heavy atom. The molecular formula is C18H16F2N2O2. The fourth-order valence-corrected chi connectivity index (χ4v) is 2.89. The number of carbonyl (C=O) groups is 2. The van der Waals surface area contributed by atoms with Crippen LogP contribution in [0.2, 0.25) is 0 Å². The molecule has 0 radical (unpaired) electrons.